The van der Waals surface area contributed by atoms with Crippen LogP contribution in [0.25, 0.3) is 0 Å². The molecule has 0 heterocycles. The molecule has 0 atom stereocenters. The van der Waals surface area contributed by atoms with E-state index in [0.29, 0.717) is 5.62 Å². The topological polar surface area (TPSA) is 34.1 Å². The molecule has 0 spiro atoms. The van der Waals surface area contributed by atoms with Gasteiger partial charge in [0, 0.05) is 0 Å². The highest BCUT2D eigenvalue weighted by molar-refractivity contribution is 8.13. The Morgan fingerprint density at radius 2 is 1.67 bits per heavy atom. The van der Waals surface area contributed by atoms with Crippen LogP contribution in [-0.4, -0.2) is 23.8 Å². The summed E-state index contributed by atoms with van der Waals surface area (Å²) in [5.41, 5.74) is 0.444. The van der Waals surface area contributed by atoms with Crippen molar-refractivity contribution >= 4 is 43.7 Å². The van der Waals surface area contributed by atoms with E-state index in [1.165, 1.54) is 0 Å². The predicted octanol–water partition coefficient (Wildman–Crippen LogP) is 1.88. The van der Waals surface area contributed by atoms with Crippen LogP contribution in [-0.2, 0) is 4.79 Å². The molecule has 0 N–H and O–H groups in total. The van der Waals surface area contributed by atoms with E-state index < -0.39 is 7.92 Å². The number of hydrogen-bond donors (Lipinski definition) is 2. The van der Waals surface area contributed by atoms with E-state index in [1.54, 1.807) is 0 Å². The molecule has 0 aromatic rings. The molecular formula is C4H9O2PS2. The minimum absolute atomic E-state index is 0.0185. The monoisotopic (exact) mass is 184 g/mol. The highest BCUT2D eigenvalue weighted by Crippen LogP contribution is 2.27. The summed E-state index contributed by atoms with van der Waals surface area (Å²) in [6.45, 7) is 3.76. The molecule has 0 aliphatic rings. The Balaban J connectivity index is 0. The van der Waals surface area contributed by atoms with Gasteiger partial charge in [-0.2, -0.15) is 0 Å². The zero-order valence-electron chi connectivity index (χ0n) is 5.24. The van der Waals surface area contributed by atoms with Gasteiger partial charge in [-0.25, -0.2) is 0 Å². The lowest BCUT2D eigenvalue weighted by atomic mass is 11.8. The first-order chi connectivity index (χ1) is 4.06. The Bertz CT molecular complexity index is 94.6. The van der Waals surface area contributed by atoms with Crippen molar-refractivity contribution < 1.29 is 9.59 Å². The highest BCUT2D eigenvalue weighted by atomic mass is 32.1. The first-order valence-corrected chi connectivity index (χ1v) is 5.24. The smallest absolute Gasteiger partial charge is 0.206 e. The standard InChI is InChI=1S/C3H7OPS.CH2OS/c1-5(2)3(4)6;2-1-3/h1-2H3,(H,4,6);1H,(H,2,3). The van der Waals surface area contributed by atoms with Crippen molar-refractivity contribution in [3.05, 3.63) is 0 Å². The normalized spacial score (nSPS) is 7.67. The maximum Gasteiger partial charge on any atom is 0.206 e. The molecule has 0 saturated heterocycles. The van der Waals surface area contributed by atoms with Crippen molar-refractivity contribution in [1.29, 1.82) is 0 Å². The lowest BCUT2D eigenvalue weighted by molar-refractivity contribution is 0.276. The van der Waals surface area contributed by atoms with Crippen LogP contribution in [0.3, 0.4) is 0 Å². The average molecular weight is 184 g/mol. The summed E-state index contributed by atoms with van der Waals surface area (Å²) in [5.74, 6) is 0. The third-order valence-electron chi connectivity index (χ3n) is 0.383. The maximum absolute atomic E-state index is 10.0. The van der Waals surface area contributed by atoms with Gasteiger partial charge >= 0.3 is 0 Å². The quantitative estimate of drug-likeness (QED) is 0.370. The van der Waals surface area contributed by atoms with Gasteiger partial charge in [-0.3, -0.25) is 9.59 Å². The van der Waals surface area contributed by atoms with Crippen molar-refractivity contribution in [2.24, 2.45) is 0 Å². The Morgan fingerprint density at radius 3 is 1.67 bits per heavy atom. The van der Waals surface area contributed by atoms with Gasteiger partial charge in [0.2, 0.25) is 4.86 Å². The number of carbonyl (C=O) groups is 2. The molecule has 0 aliphatic carbocycles. The Kier molecular flexibility index (Phi) is 11.5. The molecule has 5 heteroatoms. The zero-order valence-corrected chi connectivity index (χ0v) is 7.92. The summed E-state index contributed by atoms with van der Waals surface area (Å²) in [6, 6.07) is 0. The molecular weight excluding hydrogens is 175 g/mol. The van der Waals surface area contributed by atoms with Crippen molar-refractivity contribution in [3.63, 3.8) is 0 Å². The lowest BCUT2D eigenvalue weighted by Gasteiger charge is -1.90. The fraction of sp³-hybridized carbons (Fsp3) is 0.500. The molecule has 0 bridgehead atoms. The Labute approximate surface area is 67.0 Å². The number of thiol groups is 2. The van der Waals surface area contributed by atoms with E-state index in [2.05, 4.69) is 25.3 Å². The average Bonchev–Trinajstić information content (AvgIpc) is 1.68. The first kappa shape index (κ1) is 12.2. The molecule has 2 nitrogen and oxygen atoms in total. The zero-order chi connectivity index (χ0) is 7.86. The predicted molar refractivity (Wildman–Crippen MR) is 48.9 cm³/mol. The minimum Gasteiger partial charge on any atom is -0.291 e. The van der Waals surface area contributed by atoms with Gasteiger partial charge in [-0.15, -0.1) is 25.3 Å². The Hall–Kier alpha value is 0.470. The summed E-state index contributed by atoms with van der Waals surface area (Å²) in [7, 11) is -0.434. The van der Waals surface area contributed by atoms with Crippen LogP contribution in [0.15, 0.2) is 0 Å². The molecule has 0 radical (unpaired) electrons. The molecule has 0 aromatic heterocycles. The largest absolute Gasteiger partial charge is 0.291 e. The van der Waals surface area contributed by atoms with Gasteiger partial charge in [-0.1, -0.05) is 0 Å². The van der Waals surface area contributed by atoms with E-state index in [4.69, 9.17) is 4.79 Å². The molecule has 54 valence electrons. The van der Waals surface area contributed by atoms with Crippen LogP contribution < -0.4 is 0 Å². The highest BCUT2D eigenvalue weighted by Gasteiger charge is 1.95. The van der Waals surface area contributed by atoms with Crippen LogP contribution in [0.5, 0.6) is 0 Å². The summed E-state index contributed by atoms with van der Waals surface area (Å²) in [5, 5.41) is 0. The second kappa shape index (κ2) is 8.47. The van der Waals surface area contributed by atoms with Crippen molar-refractivity contribution in [1.82, 2.24) is 0 Å². The molecule has 0 aromatic carbocycles. The van der Waals surface area contributed by atoms with Gasteiger partial charge < -0.3 is 0 Å². The van der Waals surface area contributed by atoms with Crippen molar-refractivity contribution in [2.45, 2.75) is 0 Å². The SMILES string of the molecule is CP(C)C(=O)S.O=CS. The molecule has 0 fully saturated rings. The van der Waals surface area contributed by atoms with Crippen LogP contribution in [0.1, 0.15) is 0 Å². The van der Waals surface area contributed by atoms with Gasteiger partial charge in [0.15, 0.2) is 5.62 Å². The van der Waals surface area contributed by atoms with Crippen LogP contribution in [0, 0.1) is 0 Å². The van der Waals surface area contributed by atoms with Gasteiger partial charge in [0.1, 0.15) is 0 Å². The molecule has 0 saturated carbocycles. The molecule has 0 unspecified atom stereocenters. The van der Waals surface area contributed by atoms with E-state index in [1.807, 2.05) is 13.3 Å². The Morgan fingerprint density at radius 1 is 1.56 bits per heavy atom. The second-order valence-corrected chi connectivity index (χ2v) is 4.45. The third kappa shape index (κ3) is 17.7. The second-order valence-electron chi connectivity index (χ2n) is 1.28. The third-order valence-corrected chi connectivity index (χ3v) is 2.35. The number of rotatable bonds is 1. The van der Waals surface area contributed by atoms with Gasteiger partial charge in [0.25, 0.3) is 0 Å². The molecule has 9 heavy (non-hydrogen) atoms. The van der Waals surface area contributed by atoms with Gasteiger partial charge in [-0.05, 0) is 21.3 Å². The molecule has 0 aliphatic heterocycles. The minimum atomic E-state index is -0.434. The fourth-order valence-corrected chi connectivity index (χ4v) is 0. The summed E-state index contributed by atoms with van der Waals surface area (Å²) in [6.07, 6.45) is 0. The van der Waals surface area contributed by atoms with E-state index in [9.17, 15) is 4.79 Å². The summed E-state index contributed by atoms with van der Waals surface area (Å²) in [4.78, 5) is 18.7. The lowest BCUT2D eigenvalue weighted by Crippen LogP contribution is -1.72. The van der Waals surface area contributed by atoms with Crippen LogP contribution in [0.4, 0.5) is 4.79 Å². The number of hydrogen-bond acceptors (Lipinski definition) is 2. The summed E-state index contributed by atoms with van der Waals surface area (Å²) >= 11 is 6.69. The summed E-state index contributed by atoms with van der Waals surface area (Å²) < 4.78 is 0. The fourth-order valence-electron chi connectivity index (χ4n) is 0. The van der Waals surface area contributed by atoms with E-state index in [-0.39, 0.29) is 4.86 Å². The van der Waals surface area contributed by atoms with Gasteiger partial charge in [0.05, 0.1) is 0 Å². The van der Waals surface area contributed by atoms with E-state index >= 15 is 0 Å². The van der Waals surface area contributed by atoms with Crippen LogP contribution >= 0.6 is 33.2 Å². The first-order valence-electron chi connectivity index (χ1n) is 2.04. The molecule has 0 rings (SSSR count). The van der Waals surface area contributed by atoms with Crippen molar-refractivity contribution in [2.75, 3.05) is 13.3 Å². The number of carbonyl (C=O) groups excluding carboxylic acids is 2. The van der Waals surface area contributed by atoms with Crippen molar-refractivity contribution in [3.8, 4) is 0 Å². The van der Waals surface area contributed by atoms with E-state index in [0.717, 1.165) is 0 Å². The maximum atomic E-state index is 10.0. The van der Waals surface area contributed by atoms with Crippen LogP contribution in [0.2, 0.25) is 0 Å². The molecule has 0 amide bonds.